The number of carbonyl (C=O) groups excluding carboxylic acids is 2. The Morgan fingerprint density at radius 1 is 1.14 bits per heavy atom. The van der Waals surface area contributed by atoms with Crippen LogP contribution in [0.1, 0.15) is 45.1 Å². The molecule has 2 aromatic carbocycles. The van der Waals surface area contributed by atoms with Gasteiger partial charge in [-0.1, -0.05) is 24.3 Å². The molecule has 0 fully saturated rings. The highest BCUT2D eigenvalue weighted by Gasteiger charge is 2.36. The third-order valence-corrected chi connectivity index (χ3v) is 4.64. The fourth-order valence-corrected chi connectivity index (χ4v) is 3.37. The Bertz CT molecular complexity index is 997. The Balaban J connectivity index is 1.65. The van der Waals surface area contributed by atoms with Gasteiger partial charge >= 0.3 is 5.97 Å². The summed E-state index contributed by atoms with van der Waals surface area (Å²) in [6.45, 7) is 2.43. The monoisotopic (exact) mass is 376 g/mol. The number of fused-ring (bicyclic) bond motifs is 1. The minimum Gasteiger partial charge on any atom is -0.467 e. The Labute approximate surface area is 162 Å². The van der Waals surface area contributed by atoms with Crippen molar-refractivity contribution in [3.8, 4) is 0 Å². The Morgan fingerprint density at radius 3 is 2.79 bits per heavy atom. The Morgan fingerprint density at radius 2 is 2.00 bits per heavy atom. The summed E-state index contributed by atoms with van der Waals surface area (Å²) in [4.78, 5) is 26.7. The summed E-state index contributed by atoms with van der Waals surface area (Å²) < 4.78 is 10.5. The van der Waals surface area contributed by atoms with Crippen LogP contribution in [0, 0.1) is 0 Å². The molecule has 0 unspecified atom stereocenters. The molecular formula is C22H20N2O4. The van der Waals surface area contributed by atoms with Crippen LogP contribution in [-0.2, 0) is 11.3 Å². The van der Waals surface area contributed by atoms with E-state index in [2.05, 4.69) is 5.32 Å². The molecule has 0 spiro atoms. The molecule has 28 heavy (non-hydrogen) atoms. The molecule has 3 aromatic rings. The van der Waals surface area contributed by atoms with Gasteiger partial charge < -0.3 is 19.4 Å². The molecule has 1 aliphatic heterocycles. The predicted octanol–water partition coefficient (Wildman–Crippen LogP) is 4.22. The van der Waals surface area contributed by atoms with Gasteiger partial charge in [0.2, 0.25) is 0 Å². The van der Waals surface area contributed by atoms with Crippen molar-refractivity contribution < 1.29 is 18.7 Å². The first-order valence-corrected chi connectivity index (χ1v) is 9.13. The van der Waals surface area contributed by atoms with E-state index in [1.165, 1.54) is 0 Å². The van der Waals surface area contributed by atoms with Crippen molar-refractivity contribution in [3.63, 3.8) is 0 Å². The number of esters is 1. The summed E-state index contributed by atoms with van der Waals surface area (Å²) in [6.07, 6.45) is 1.22. The summed E-state index contributed by atoms with van der Waals surface area (Å²) in [7, 11) is 0. The summed E-state index contributed by atoms with van der Waals surface area (Å²) in [5.74, 6) is 0.265. The fourth-order valence-electron chi connectivity index (χ4n) is 3.37. The smallest absolute Gasteiger partial charge is 0.338 e. The number of ether oxygens (including phenoxy) is 1. The van der Waals surface area contributed by atoms with E-state index in [9.17, 15) is 9.59 Å². The van der Waals surface area contributed by atoms with Crippen LogP contribution in [0.5, 0.6) is 0 Å². The molecule has 1 atom stereocenters. The first-order chi connectivity index (χ1) is 13.7. The zero-order valence-corrected chi connectivity index (χ0v) is 15.4. The SMILES string of the molecule is CCOC(=O)c1cccc(N[C@H]2c3ccccc3C(=O)N2Cc2ccco2)c1. The van der Waals surface area contributed by atoms with Crippen molar-refractivity contribution >= 4 is 17.6 Å². The van der Waals surface area contributed by atoms with Crippen molar-refractivity contribution in [1.82, 2.24) is 4.90 Å². The first-order valence-electron chi connectivity index (χ1n) is 9.13. The second-order valence-electron chi connectivity index (χ2n) is 6.45. The van der Waals surface area contributed by atoms with E-state index in [4.69, 9.17) is 9.15 Å². The van der Waals surface area contributed by atoms with Gasteiger partial charge in [0, 0.05) is 16.8 Å². The standard InChI is InChI=1S/C22H20N2O4/c1-2-27-22(26)15-7-5-8-16(13-15)23-20-18-10-3-4-11-19(18)21(25)24(20)14-17-9-6-12-28-17/h3-13,20,23H,2,14H2,1H3/t20-/m1/s1. The molecule has 1 aliphatic rings. The van der Waals surface area contributed by atoms with Gasteiger partial charge in [-0.2, -0.15) is 0 Å². The van der Waals surface area contributed by atoms with Gasteiger partial charge in [0.05, 0.1) is 25.0 Å². The number of nitrogens with zero attached hydrogens (tertiary/aromatic N) is 1. The lowest BCUT2D eigenvalue weighted by Gasteiger charge is -2.26. The molecule has 0 aliphatic carbocycles. The van der Waals surface area contributed by atoms with Crippen LogP contribution in [0.3, 0.4) is 0 Å². The van der Waals surface area contributed by atoms with E-state index in [-0.39, 0.29) is 18.0 Å². The quantitative estimate of drug-likeness (QED) is 0.652. The number of hydrogen-bond donors (Lipinski definition) is 1. The zero-order chi connectivity index (χ0) is 19.5. The van der Waals surface area contributed by atoms with Crippen molar-refractivity contribution in [2.75, 3.05) is 11.9 Å². The minimum atomic E-state index is -0.374. The fraction of sp³-hybridized carbons (Fsp3) is 0.182. The van der Waals surface area contributed by atoms with Crippen LogP contribution >= 0.6 is 0 Å². The van der Waals surface area contributed by atoms with Crippen LogP contribution in [-0.4, -0.2) is 23.4 Å². The van der Waals surface area contributed by atoms with Crippen molar-refractivity contribution in [3.05, 3.63) is 89.4 Å². The third-order valence-electron chi connectivity index (χ3n) is 4.64. The maximum Gasteiger partial charge on any atom is 0.338 e. The molecule has 142 valence electrons. The molecule has 6 nitrogen and oxygen atoms in total. The zero-order valence-electron chi connectivity index (χ0n) is 15.4. The normalized spacial score (nSPS) is 15.4. The predicted molar refractivity (Wildman–Crippen MR) is 104 cm³/mol. The number of nitrogens with one attached hydrogen (secondary N) is 1. The molecule has 1 amide bonds. The van der Waals surface area contributed by atoms with Gasteiger partial charge in [-0.3, -0.25) is 4.79 Å². The maximum atomic E-state index is 13.0. The highest BCUT2D eigenvalue weighted by atomic mass is 16.5. The van der Waals surface area contributed by atoms with E-state index < -0.39 is 0 Å². The molecule has 6 heteroatoms. The molecule has 4 rings (SSSR count). The maximum absolute atomic E-state index is 13.0. The first kappa shape index (κ1) is 17.9. The van der Waals surface area contributed by atoms with Crippen LogP contribution in [0.4, 0.5) is 5.69 Å². The third kappa shape index (κ3) is 3.36. The van der Waals surface area contributed by atoms with Gasteiger partial charge in [-0.25, -0.2) is 4.79 Å². The highest BCUT2D eigenvalue weighted by molar-refractivity contribution is 5.99. The summed E-state index contributed by atoms with van der Waals surface area (Å²) in [5, 5.41) is 3.38. The number of benzene rings is 2. The molecule has 0 saturated heterocycles. The molecule has 2 heterocycles. The van der Waals surface area contributed by atoms with Gasteiger partial charge in [0.15, 0.2) is 0 Å². The number of amides is 1. The number of carbonyl (C=O) groups is 2. The van der Waals surface area contributed by atoms with E-state index in [0.29, 0.717) is 30.0 Å². The Kier molecular flexibility index (Phi) is 4.85. The molecule has 0 radical (unpaired) electrons. The summed E-state index contributed by atoms with van der Waals surface area (Å²) in [5.41, 5.74) is 2.74. The molecule has 1 N–H and O–H groups in total. The average molecular weight is 376 g/mol. The minimum absolute atomic E-state index is 0.0638. The number of furan rings is 1. The van der Waals surface area contributed by atoms with Crippen molar-refractivity contribution in [1.29, 1.82) is 0 Å². The highest BCUT2D eigenvalue weighted by Crippen LogP contribution is 2.35. The average Bonchev–Trinajstić information content (AvgIpc) is 3.32. The van der Waals surface area contributed by atoms with Crippen molar-refractivity contribution in [2.45, 2.75) is 19.6 Å². The van der Waals surface area contributed by atoms with Crippen LogP contribution in [0.15, 0.2) is 71.3 Å². The number of hydrogen-bond acceptors (Lipinski definition) is 5. The Hall–Kier alpha value is -3.54. The molecule has 0 bridgehead atoms. The van der Waals surface area contributed by atoms with Crippen LogP contribution in [0.2, 0.25) is 0 Å². The van der Waals surface area contributed by atoms with Crippen LogP contribution < -0.4 is 5.32 Å². The topological polar surface area (TPSA) is 71.8 Å². The van der Waals surface area contributed by atoms with Crippen LogP contribution in [0.25, 0.3) is 0 Å². The van der Waals surface area contributed by atoms with E-state index in [1.54, 1.807) is 42.4 Å². The van der Waals surface area contributed by atoms with Gasteiger partial charge in [0.25, 0.3) is 5.91 Å². The lowest BCUT2D eigenvalue weighted by Crippen LogP contribution is -2.31. The second kappa shape index (κ2) is 7.60. The summed E-state index contributed by atoms with van der Waals surface area (Å²) >= 11 is 0. The van der Waals surface area contributed by atoms with Gasteiger partial charge in [-0.05, 0) is 43.3 Å². The second-order valence-corrected chi connectivity index (χ2v) is 6.45. The van der Waals surface area contributed by atoms with Gasteiger partial charge in [0.1, 0.15) is 11.9 Å². The van der Waals surface area contributed by atoms with Gasteiger partial charge in [-0.15, -0.1) is 0 Å². The van der Waals surface area contributed by atoms with Crippen molar-refractivity contribution in [2.24, 2.45) is 0 Å². The van der Waals surface area contributed by atoms with E-state index >= 15 is 0 Å². The molecular weight excluding hydrogens is 356 g/mol. The molecule has 0 saturated carbocycles. The molecule has 1 aromatic heterocycles. The summed E-state index contributed by atoms with van der Waals surface area (Å²) in [6, 6.07) is 18.2. The lowest BCUT2D eigenvalue weighted by molar-refractivity contribution is 0.0526. The number of anilines is 1. The largest absolute Gasteiger partial charge is 0.467 e. The number of rotatable bonds is 6. The lowest BCUT2D eigenvalue weighted by atomic mass is 10.1. The van der Waals surface area contributed by atoms with E-state index in [1.807, 2.05) is 36.4 Å². The van der Waals surface area contributed by atoms with E-state index in [0.717, 1.165) is 11.3 Å².